The molecular formula is C13H22F3N3S. The van der Waals surface area contributed by atoms with Crippen molar-refractivity contribution < 1.29 is 13.2 Å². The number of halogens is 3. The lowest BCUT2D eigenvalue weighted by Gasteiger charge is -2.21. The van der Waals surface area contributed by atoms with Gasteiger partial charge in [-0.15, -0.1) is 11.3 Å². The van der Waals surface area contributed by atoms with Crippen molar-refractivity contribution in [3.8, 4) is 0 Å². The number of anilines is 1. The molecule has 1 N–H and O–H groups in total. The Hall–Kier alpha value is -0.820. The first-order chi connectivity index (χ1) is 9.26. The van der Waals surface area contributed by atoms with Crippen LogP contribution in [0.5, 0.6) is 0 Å². The Morgan fingerprint density at radius 1 is 1.30 bits per heavy atom. The maximum absolute atomic E-state index is 12.5. The lowest BCUT2D eigenvalue weighted by molar-refractivity contribution is -0.119. The molecule has 7 heteroatoms. The molecule has 1 aromatic heterocycles. The predicted molar refractivity (Wildman–Crippen MR) is 77.4 cm³/mol. The van der Waals surface area contributed by atoms with Crippen molar-refractivity contribution in [2.24, 2.45) is 0 Å². The van der Waals surface area contributed by atoms with E-state index in [-0.39, 0.29) is 0 Å². The summed E-state index contributed by atoms with van der Waals surface area (Å²) in [5, 5.41) is 3.75. The Morgan fingerprint density at radius 3 is 2.40 bits per heavy atom. The van der Waals surface area contributed by atoms with Crippen molar-refractivity contribution in [3.63, 3.8) is 0 Å². The molecule has 0 aliphatic heterocycles. The molecule has 0 bridgehead atoms. The van der Waals surface area contributed by atoms with Gasteiger partial charge in [0.2, 0.25) is 0 Å². The zero-order valence-corrected chi connectivity index (χ0v) is 13.2. The first-order valence-corrected chi connectivity index (χ1v) is 7.62. The second kappa shape index (κ2) is 7.26. The molecule has 0 atom stereocenters. The van der Waals surface area contributed by atoms with E-state index < -0.39 is 12.7 Å². The fraction of sp³-hybridized carbons (Fsp3) is 0.769. The van der Waals surface area contributed by atoms with Crippen LogP contribution in [0.25, 0.3) is 0 Å². The summed E-state index contributed by atoms with van der Waals surface area (Å²) in [4.78, 5) is 6.67. The molecule has 0 aliphatic rings. The number of aryl methyl sites for hydroxylation is 1. The van der Waals surface area contributed by atoms with Gasteiger partial charge in [0.25, 0.3) is 0 Å². The second-order valence-electron chi connectivity index (χ2n) is 4.88. The maximum Gasteiger partial charge on any atom is 0.406 e. The van der Waals surface area contributed by atoms with Gasteiger partial charge < -0.3 is 10.2 Å². The maximum atomic E-state index is 12.5. The van der Waals surface area contributed by atoms with Gasteiger partial charge in [0, 0.05) is 24.0 Å². The molecule has 116 valence electrons. The van der Waals surface area contributed by atoms with Crippen molar-refractivity contribution in [1.82, 2.24) is 10.3 Å². The van der Waals surface area contributed by atoms with Crippen LogP contribution in [-0.4, -0.2) is 30.3 Å². The summed E-state index contributed by atoms with van der Waals surface area (Å²) in [7, 11) is 0. The van der Waals surface area contributed by atoms with Gasteiger partial charge in [-0.2, -0.15) is 13.2 Å². The highest BCUT2D eigenvalue weighted by molar-refractivity contribution is 7.15. The van der Waals surface area contributed by atoms with Crippen LogP contribution < -0.4 is 10.2 Å². The third-order valence-corrected chi connectivity index (χ3v) is 3.95. The quantitative estimate of drug-likeness (QED) is 0.834. The van der Waals surface area contributed by atoms with Crippen LogP contribution >= 0.6 is 11.3 Å². The average molecular weight is 309 g/mol. The van der Waals surface area contributed by atoms with E-state index in [0.717, 1.165) is 17.0 Å². The molecule has 1 aromatic rings. The van der Waals surface area contributed by atoms with Crippen LogP contribution in [0.3, 0.4) is 0 Å². The number of nitrogens with zero attached hydrogens (tertiary/aromatic N) is 2. The fourth-order valence-corrected chi connectivity index (χ4v) is 2.91. The third kappa shape index (κ3) is 5.28. The molecule has 3 nitrogen and oxygen atoms in total. The first kappa shape index (κ1) is 17.2. The zero-order chi connectivity index (χ0) is 15.3. The second-order valence-corrected chi connectivity index (χ2v) is 5.95. The predicted octanol–water partition coefficient (Wildman–Crippen LogP) is 3.59. The van der Waals surface area contributed by atoms with Gasteiger partial charge in [0.15, 0.2) is 5.13 Å². The third-order valence-electron chi connectivity index (χ3n) is 2.80. The minimum Gasteiger partial charge on any atom is -0.339 e. The van der Waals surface area contributed by atoms with E-state index in [1.54, 1.807) is 6.92 Å². The van der Waals surface area contributed by atoms with E-state index in [1.165, 1.54) is 16.2 Å². The molecule has 20 heavy (non-hydrogen) atoms. The highest BCUT2D eigenvalue weighted by Gasteiger charge is 2.31. The summed E-state index contributed by atoms with van der Waals surface area (Å²) in [5.41, 5.74) is 0.888. The molecule has 0 saturated carbocycles. The number of alkyl halides is 3. The minimum absolute atomic E-state index is 0.299. The molecule has 0 aromatic carbocycles. The Balaban J connectivity index is 2.88. The van der Waals surface area contributed by atoms with Crippen LogP contribution in [0.1, 0.15) is 38.3 Å². The van der Waals surface area contributed by atoms with Crippen LogP contribution in [0.4, 0.5) is 18.3 Å². The highest BCUT2D eigenvalue weighted by atomic mass is 32.1. The molecule has 0 fully saturated rings. The van der Waals surface area contributed by atoms with Crippen molar-refractivity contribution in [2.45, 2.75) is 52.9 Å². The van der Waals surface area contributed by atoms with E-state index in [1.807, 2.05) is 20.8 Å². The normalized spacial score (nSPS) is 12.2. The Bertz CT molecular complexity index is 415. The molecular weight excluding hydrogens is 287 g/mol. The van der Waals surface area contributed by atoms with E-state index in [9.17, 15) is 13.2 Å². The molecule has 0 spiro atoms. The molecule has 0 aliphatic carbocycles. The zero-order valence-electron chi connectivity index (χ0n) is 12.3. The van der Waals surface area contributed by atoms with Crippen molar-refractivity contribution >= 4 is 16.5 Å². The number of thiazole rings is 1. The molecule has 0 radical (unpaired) electrons. The lowest BCUT2D eigenvalue weighted by Crippen LogP contribution is -2.34. The fourth-order valence-electron chi connectivity index (χ4n) is 1.75. The van der Waals surface area contributed by atoms with Crippen molar-refractivity contribution in [3.05, 3.63) is 10.6 Å². The van der Waals surface area contributed by atoms with Gasteiger partial charge in [-0.1, -0.05) is 20.8 Å². The van der Waals surface area contributed by atoms with Crippen LogP contribution in [0.15, 0.2) is 0 Å². The SMILES string of the molecule is CCc1nc(N(CC)CC(F)(F)F)sc1CNC(C)C. The van der Waals surface area contributed by atoms with Gasteiger partial charge in [-0.3, -0.25) is 0 Å². The standard InChI is InChI=1S/C13H22F3N3S/c1-5-10-11(7-17-9(3)4)20-12(18-10)19(6-2)8-13(14,15)16/h9,17H,5-8H2,1-4H3. The molecule has 0 unspecified atom stereocenters. The van der Waals surface area contributed by atoms with Crippen molar-refractivity contribution in [1.29, 1.82) is 0 Å². The largest absolute Gasteiger partial charge is 0.406 e. The summed E-state index contributed by atoms with van der Waals surface area (Å²) in [6, 6.07) is 0.336. The summed E-state index contributed by atoms with van der Waals surface area (Å²) in [6.07, 6.45) is -3.47. The van der Waals surface area contributed by atoms with Crippen molar-refractivity contribution in [2.75, 3.05) is 18.0 Å². The number of rotatable bonds is 7. The highest BCUT2D eigenvalue weighted by Crippen LogP contribution is 2.29. The Morgan fingerprint density at radius 2 is 1.95 bits per heavy atom. The molecule has 0 saturated heterocycles. The lowest BCUT2D eigenvalue weighted by atomic mass is 10.3. The topological polar surface area (TPSA) is 28.2 Å². The monoisotopic (exact) mass is 309 g/mol. The molecule has 0 amide bonds. The van der Waals surface area contributed by atoms with E-state index >= 15 is 0 Å². The summed E-state index contributed by atoms with van der Waals surface area (Å²) >= 11 is 1.35. The van der Waals surface area contributed by atoms with E-state index in [2.05, 4.69) is 10.3 Å². The average Bonchev–Trinajstić information content (AvgIpc) is 2.75. The van der Waals surface area contributed by atoms with E-state index in [0.29, 0.717) is 24.3 Å². The molecule has 1 rings (SSSR count). The Labute approximate surface area is 122 Å². The number of aromatic nitrogens is 1. The number of nitrogens with one attached hydrogen (secondary N) is 1. The van der Waals surface area contributed by atoms with E-state index in [4.69, 9.17) is 0 Å². The van der Waals surface area contributed by atoms with Crippen LogP contribution in [-0.2, 0) is 13.0 Å². The summed E-state index contributed by atoms with van der Waals surface area (Å²) in [5.74, 6) is 0. The van der Waals surface area contributed by atoms with Gasteiger partial charge in [0.05, 0.1) is 5.69 Å². The van der Waals surface area contributed by atoms with Gasteiger partial charge in [0.1, 0.15) is 6.54 Å². The smallest absolute Gasteiger partial charge is 0.339 e. The number of hydrogen-bond donors (Lipinski definition) is 1. The molecule has 1 heterocycles. The van der Waals surface area contributed by atoms with Gasteiger partial charge in [-0.05, 0) is 13.3 Å². The first-order valence-electron chi connectivity index (χ1n) is 6.80. The Kier molecular flexibility index (Phi) is 6.26. The number of hydrogen-bond acceptors (Lipinski definition) is 4. The van der Waals surface area contributed by atoms with Crippen LogP contribution in [0, 0.1) is 0 Å². The summed E-state index contributed by atoms with van der Waals surface area (Å²) < 4.78 is 37.6. The van der Waals surface area contributed by atoms with Gasteiger partial charge in [-0.25, -0.2) is 4.98 Å². The minimum atomic E-state index is -4.20. The van der Waals surface area contributed by atoms with Crippen LogP contribution in [0.2, 0.25) is 0 Å². The van der Waals surface area contributed by atoms with Gasteiger partial charge >= 0.3 is 6.18 Å². The summed E-state index contributed by atoms with van der Waals surface area (Å²) in [6.45, 7) is 7.76.